The van der Waals surface area contributed by atoms with Crippen LogP contribution in [0.3, 0.4) is 0 Å². The Morgan fingerprint density at radius 3 is 2.67 bits per heavy atom. The van der Waals surface area contributed by atoms with E-state index in [1.807, 2.05) is 6.07 Å². The van der Waals surface area contributed by atoms with Crippen LogP contribution in [0, 0.1) is 0 Å². The molecule has 4 rings (SSSR count). The molecular formula is C14H13NO3. The number of ether oxygens (including phenoxy) is 2. The summed E-state index contributed by atoms with van der Waals surface area (Å²) in [6.45, 7) is 1.25. The third kappa shape index (κ3) is 1.35. The highest BCUT2D eigenvalue weighted by molar-refractivity contribution is 5.94. The van der Waals surface area contributed by atoms with E-state index in [4.69, 9.17) is 9.47 Å². The molecule has 3 aliphatic rings. The third-order valence-electron chi connectivity index (χ3n) is 3.77. The Morgan fingerprint density at radius 2 is 1.89 bits per heavy atom. The van der Waals surface area contributed by atoms with Gasteiger partial charge < -0.3 is 14.4 Å². The van der Waals surface area contributed by atoms with Crippen LogP contribution in [0.5, 0.6) is 11.5 Å². The maximum Gasteiger partial charge on any atom is 0.231 e. The lowest BCUT2D eigenvalue weighted by Crippen LogP contribution is -2.18. The van der Waals surface area contributed by atoms with Gasteiger partial charge in [-0.15, -0.1) is 0 Å². The number of benzene rings is 1. The fraction of sp³-hybridized carbons (Fsp3) is 0.357. The normalized spacial score (nSPS) is 20.3. The van der Waals surface area contributed by atoms with Crippen LogP contribution in [0.25, 0.3) is 0 Å². The number of anilines is 1. The molecule has 92 valence electrons. The number of hydrogen-bond donors (Lipinski definition) is 0. The summed E-state index contributed by atoms with van der Waals surface area (Å²) in [4.78, 5) is 13.6. The molecule has 0 spiro atoms. The highest BCUT2D eigenvalue weighted by Crippen LogP contribution is 2.43. The zero-order chi connectivity index (χ0) is 12.1. The molecule has 2 heterocycles. The topological polar surface area (TPSA) is 38.8 Å². The second kappa shape index (κ2) is 3.51. The molecule has 0 aromatic heterocycles. The predicted molar refractivity (Wildman–Crippen MR) is 65.9 cm³/mol. The zero-order valence-corrected chi connectivity index (χ0v) is 9.94. The van der Waals surface area contributed by atoms with E-state index in [-0.39, 0.29) is 5.78 Å². The van der Waals surface area contributed by atoms with E-state index in [1.54, 1.807) is 6.08 Å². The first-order chi connectivity index (χ1) is 8.81. The van der Waals surface area contributed by atoms with Crippen molar-refractivity contribution in [3.63, 3.8) is 0 Å². The van der Waals surface area contributed by atoms with Gasteiger partial charge in [-0.25, -0.2) is 0 Å². The summed E-state index contributed by atoms with van der Waals surface area (Å²) in [5.74, 6) is 1.89. The van der Waals surface area contributed by atoms with Crippen molar-refractivity contribution in [1.82, 2.24) is 0 Å². The molecule has 0 fully saturated rings. The lowest BCUT2D eigenvalue weighted by Gasteiger charge is -2.20. The molecule has 0 saturated heterocycles. The minimum atomic E-state index is 0.235. The van der Waals surface area contributed by atoms with Crippen molar-refractivity contribution in [3.05, 3.63) is 29.5 Å². The van der Waals surface area contributed by atoms with E-state index >= 15 is 0 Å². The van der Waals surface area contributed by atoms with Gasteiger partial charge in [0.2, 0.25) is 6.79 Å². The maximum atomic E-state index is 11.4. The van der Waals surface area contributed by atoms with Crippen molar-refractivity contribution in [1.29, 1.82) is 0 Å². The number of hydrogen-bond acceptors (Lipinski definition) is 4. The van der Waals surface area contributed by atoms with Crippen LogP contribution in [0.15, 0.2) is 23.9 Å². The average molecular weight is 243 g/mol. The van der Waals surface area contributed by atoms with Crippen LogP contribution < -0.4 is 14.4 Å². The summed E-state index contributed by atoms with van der Waals surface area (Å²) in [6.07, 6.45) is 4.27. The first-order valence-electron chi connectivity index (χ1n) is 6.25. The van der Waals surface area contributed by atoms with Crippen molar-refractivity contribution in [2.75, 3.05) is 18.2 Å². The quantitative estimate of drug-likeness (QED) is 0.756. The van der Waals surface area contributed by atoms with E-state index in [2.05, 4.69) is 11.0 Å². The molecule has 0 unspecified atom stereocenters. The first-order valence-corrected chi connectivity index (χ1v) is 6.25. The monoisotopic (exact) mass is 243 g/mol. The molecule has 0 atom stereocenters. The Kier molecular flexibility index (Phi) is 1.95. The van der Waals surface area contributed by atoms with Crippen molar-refractivity contribution >= 4 is 11.5 Å². The number of nitrogens with zero attached hydrogens (tertiary/aromatic N) is 1. The van der Waals surface area contributed by atoms with E-state index in [0.717, 1.165) is 36.6 Å². The number of carbonyl (C=O) groups is 1. The van der Waals surface area contributed by atoms with Crippen LogP contribution >= 0.6 is 0 Å². The molecule has 1 aromatic rings. The fourth-order valence-electron chi connectivity index (χ4n) is 2.87. The Balaban J connectivity index is 1.76. The second-order valence-corrected chi connectivity index (χ2v) is 4.84. The maximum absolute atomic E-state index is 11.4. The highest BCUT2D eigenvalue weighted by atomic mass is 16.7. The minimum Gasteiger partial charge on any atom is -0.454 e. The molecule has 2 aliphatic heterocycles. The number of fused-ring (bicyclic) bond motifs is 2. The average Bonchev–Trinajstić information content (AvgIpc) is 3.04. The molecule has 0 saturated carbocycles. The number of carbonyl (C=O) groups excluding carboxylic acids is 1. The van der Waals surface area contributed by atoms with Crippen LogP contribution in [0.1, 0.15) is 18.4 Å². The largest absolute Gasteiger partial charge is 0.454 e. The number of rotatable bonds is 1. The first kappa shape index (κ1) is 10.00. The SMILES string of the molecule is O=C1C=C(N2CCc3cc4c(cc32)OCO4)CC1. The Labute approximate surface area is 105 Å². The summed E-state index contributed by atoms with van der Waals surface area (Å²) in [5.41, 5.74) is 3.58. The van der Waals surface area contributed by atoms with Gasteiger partial charge in [0.25, 0.3) is 0 Å². The van der Waals surface area contributed by atoms with Crippen LogP contribution in [-0.4, -0.2) is 19.1 Å². The fourth-order valence-corrected chi connectivity index (χ4v) is 2.87. The van der Waals surface area contributed by atoms with Gasteiger partial charge in [-0.05, 0) is 24.5 Å². The molecular weight excluding hydrogens is 230 g/mol. The highest BCUT2D eigenvalue weighted by Gasteiger charge is 2.28. The molecule has 0 radical (unpaired) electrons. The van der Waals surface area contributed by atoms with Crippen molar-refractivity contribution in [3.8, 4) is 11.5 Å². The summed E-state index contributed by atoms with van der Waals surface area (Å²) in [5, 5.41) is 0. The molecule has 0 amide bonds. The van der Waals surface area contributed by atoms with Gasteiger partial charge in [-0.2, -0.15) is 0 Å². The Bertz CT molecular complexity index is 577. The van der Waals surface area contributed by atoms with E-state index in [1.165, 1.54) is 11.3 Å². The van der Waals surface area contributed by atoms with Gasteiger partial charge in [0.15, 0.2) is 17.3 Å². The standard InChI is InChI=1S/C14H13NO3/c16-11-2-1-10(6-11)15-4-3-9-5-13-14(7-12(9)15)18-8-17-13/h5-7H,1-4,8H2. The van der Waals surface area contributed by atoms with E-state index in [9.17, 15) is 4.79 Å². The molecule has 1 aliphatic carbocycles. The number of allylic oxidation sites excluding steroid dienone is 2. The van der Waals surface area contributed by atoms with Crippen molar-refractivity contribution in [2.24, 2.45) is 0 Å². The predicted octanol–water partition coefficient (Wildman–Crippen LogP) is 2.02. The molecule has 0 bridgehead atoms. The van der Waals surface area contributed by atoms with Gasteiger partial charge >= 0.3 is 0 Å². The molecule has 4 heteroatoms. The smallest absolute Gasteiger partial charge is 0.231 e. The Morgan fingerprint density at radius 1 is 1.06 bits per heavy atom. The lowest BCUT2D eigenvalue weighted by molar-refractivity contribution is -0.114. The van der Waals surface area contributed by atoms with Crippen molar-refractivity contribution in [2.45, 2.75) is 19.3 Å². The van der Waals surface area contributed by atoms with Gasteiger partial charge in [-0.1, -0.05) is 0 Å². The molecule has 0 N–H and O–H groups in total. The summed E-state index contributed by atoms with van der Waals surface area (Å²) in [6, 6.07) is 4.10. The van der Waals surface area contributed by atoms with Crippen LogP contribution in [0.2, 0.25) is 0 Å². The van der Waals surface area contributed by atoms with Gasteiger partial charge in [-0.3, -0.25) is 4.79 Å². The summed E-state index contributed by atoms with van der Waals surface area (Å²) in [7, 11) is 0. The van der Waals surface area contributed by atoms with Gasteiger partial charge in [0, 0.05) is 36.5 Å². The summed E-state index contributed by atoms with van der Waals surface area (Å²) >= 11 is 0. The van der Waals surface area contributed by atoms with Crippen LogP contribution in [0.4, 0.5) is 5.69 Å². The number of ketones is 1. The summed E-state index contributed by atoms with van der Waals surface area (Å²) < 4.78 is 10.8. The van der Waals surface area contributed by atoms with Crippen molar-refractivity contribution < 1.29 is 14.3 Å². The molecule has 18 heavy (non-hydrogen) atoms. The third-order valence-corrected chi connectivity index (χ3v) is 3.77. The van der Waals surface area contributed by atoms with E-state index in [0.29, 0.717) is 13.2 Å². The lowest BCUT2D eigenvalue weighted by atomic mass is 10.1. The van der Waals surface area contributed by atoms with Crippen LogP contribution in [-0.2, 0) is 11.2 Å². The van der Waals surface area contributed by atoms with E-state index < -0.39 is 0 Å². The molecule has 4 nitrogen and oxygen atoms in total. The molecule has 1 aromatic carbocycles. The van der Waals surface area contributed by atoms with Gasteiger partial charge in [0.1, 0.15) is 0 Å². The minimum absolute atomic E-state index is 0.235. The zero-order valence-electron chi connectivity index (χ0n) is 9.94. The Hall–Kier alpha value is -1.97. The van der Waals surface area contributed by atoms with Gasteiger partial charge in [0.05, 0.1) is 0 Å². The second-order valence-electron chi connectivity index (χ2n) is 4.84.